The molecule has 1 aliphatic rings. The van der Waals surface area contributed by atoms with Gasteiger partial charge in [0, 0.05) is 0 Å². The molecule has 0 saturated heterocycles. The molecule has 0 unspecified atom stereocenters. The van der Waals surface area contributed by atoms with E-state index in [2.05, 4.69) is 0 Å². The number of carboxylic acid groups (broad SMARTS) is 2. The molecular formula is C10H16N2O4Pt. The molecule has 0 aromatic heterocycles. The van der Waals surface area contributed by atoms with Crippen LogP contribution in [0.15, 0.2) is 0 Å². The first kappa shape index (κ1) is 18.9. The number of hydrogen-bond donors (Lipinski definition) is 0. The van der Waals surface area contributed by atoms with Crippen LogP contribution in [-0.2, 0) is 30.7 Å². The second kappa shape index (κ2) is 9.57. The summed E-state index contributed by atoms with van der Waals surface area (Å²) >= 11 is 0. The van der Waals surface area contributed by atoms with Gasteiger partial charge in [-0.15, -0.1) is 13.1 Å². The Kier molecular flexibility index (Phi) is 10.6. The molecule has 17 heavy (non-hydrogen) atoms. The van der Waals surface area contributed by atoms with Gasteiger partial charge in [-0.3, -0.25) is 0 Å². The zero-order valence-electron chi connectivity index (χ0n) is 9.40. The number of carboxylic acids is 2. The molecule has 0 heterocycles. The molecule has 0 atom stereocenters. The van der Waals surface area contributed by atoms with Crippen LogP contribution < -0.4 is 10.2 Å². The van der Waals surface area contributed by atoms with E-state index in [-0.39, 0.29) is 26.5 Å². The fourth-order valence-corrected chi connectivity index (χ4v) is 1.72. The second-order valence-electron chi connectivity index (χ2n) is 3.99. The Morgan fingerprint density at radius 3 is 1.47 bits per heavy atom. The normalized spacial score (nSPS) is 17.1. The smallest absolute Gasteiger partial charge is 0.677 e. The molecule has 100 valence electrons. The maximum atomic E-state index is 8.93. The molecule has 0 spiro atoms. The number of rotatable bonds is 2. The van der Waals surface area contributed by atoms with Crippen LogP contribution in [0.1, 0.15) is 32.1 Å². The van der Waals surface area contributed by atoms with Gasteiger partial charge in [0.2, 0.25) is 0 Å². The molecular weight excluding hydrogens is 407 g/mol. The van der Waals surface area contributed by atoms with Gasteiger partial charge < -0.3 is 31.3 Å². The molecule has 1 aliphatic carbocycles. The largest absolute Gasteiger partial charge is 4.00 e. The van der Waals surface area contributed by atoms with E-state index in [1.807, 2.05) is 0 Å². The molecule has 1 rings (SSSR count). The SMILES string of the molecule is O=C([O-])C(=O)[O-].[NH-]CC1(C[NH-])CCCCC1.[Pt+4]. The van der Waals surface area contributed by atoms with E-state index < -0.39 is 11.9 Å². The standard InChI is InChI=1S/C8H16N2.C2H2O4.Pt/c9-6-8(7-10)4-2-1-3-5-8;3-1(4)2(5)6;/h9-10H,1-7H2;(H,3,4)(H,5,6);/q-2;;+4/p-2. The Labute approximate surface area is 115 Å². The zero-order valence-corrected chi connectivity index (χ0v) is 11.7. The first-order valence-corrected chi connectivity index (χ1v) is 5.19. The molecule has 1 saturated carbocycles. The Morgan fingerprint density at radius 2 is 1.29 bits per heavy atom. The average molecular weight is 423 g/mol. The Balaban J connectivity index is 0. The van der Waals surface area contributed by atoms with Crippen LogP contribution in [-0.4, -0.2) is 25.0 Å². The third-order valence-electron chi connectivity index (χ3n) is 2.83. The Hall–Kier alpha value is -0.452. The van der Waals surface area contributed by atoms with Crippen LogP contribution in [0.4, 0.5) is 0 Å². The van der Waals surface area contributed by atoms with E-state index in [9.17, 15) is 0 Å². The molecule has 0 radical (unpaired) electrons. The molecule has 0 bridgehead atoms. The number of aliphatic carboxylic acids is 2. The van der Waals surface area contributed by atoms with Gasteiger partial charge in [0.1, 0.15) is 0 Å². The average Bonchev–Trinajstić information content (AvgIpc) is 2.30. The van der Waals surface area contributed by atoms with Crippen LogP contribution in [0, 0.1) is 5.41 Å². The van der Waals surface area contributed by atoms with Gasteiger partial charge >= 0.3 is 21.1 Å². The quantitative estimate of drug-likeness (QED) is 0.556. The molecule has 0 amide bonds. The molecule has 2 N–H and O–H groups in total. The van der Waals surface area contributed by atoms with Crippen molar-refractivity contribution in [3.8, 4) is 0 Å². The van der Waals surface area contributed by atoms with Gasteiger partial charge in [-0.05, 0) is 0 Å². The summed E-state index contributed by atoms with van der Waals surface area (Å²) in [6.07, 6.45) is 6.07. The fraction of sp³-hybridized carbons (Fsp3) is 0.800. The predicted octanol–water partition coefficient (Wildman–Crippen LogP) is -0.475. The molecule has 0 aromatic rings. The maximum absolute atomic E-state index is 8.93. The van der Waals surface area contributed by atoms with Crippen molar-refractivity contribution in [1.82, 2.24) is 0 Å². The first-order chi connectivity index (χ1) is 7.47. The van der Waals surface area contributed by atoms with Crippen LogP contribution >= 0.6 is 0 Å². The number of carbonyl (C=O) groups excluding carboxylic acids is 2. The second-order valence-corrected chi connectivity index (χ2v) is 3.99. The van der Waals surface area contributed by atoms with Crippen LogP contribution in [0.25, 0.3) is 11.5 Å². The minimum Gasteiger partial charge on any atom is -0.677 e. The van der Waals surface area contributed by atoms with E-state index in [0.717, 1.165) is 12.8 Å². The van der Waals surface area contributed by atoms with Crippen molar-refractivity contribution >= 4 is 11.9 Å². The molecule has 0 aliphatic heterocycles. The maximum Gasteiger partial charge on any atom is 4.00 e. The molecule has 1 fully saturated rings. The third kappa shape index (κ3) is 7.47. The van der Waals surface area contributed by atoms with E-state index in [0.29, 0.717) is 13.1 Å². The third-order valence-corrected chi connectivity index (χ3v) is 2.83. The summed E-state index contributed by atoms with van der Waals surface area (Å²) in [6, 6.07) is 0. The van der Waals surface area contributed by atoms with Gasteiger partial charge in [-0.2, -0.15) is 0 Å². The monoisotopic (exact) mass is 423 g/mol. The van der Waals surface area contributed by atoms with Gasteiger partial charge in [0.05, 0.1) is 11.9 Å². The summed E-state index contributed by atoms with van der Waals surface area (Å²) < 4.78 is 0. The summed E-state index contributed by atoms with van der Waals surface area (Å²) in [5, 5.41) is 17.9. The fourth-order valence-electron chi connectivity index (χ4n) is 1.72. The number of nitrogens with one attached hydrogen (secondary N) is 2. The van der Waals surface area contributed by atoms with E-state index >= 15 is 0 Å². The van der Waals surface area contributed by atoms with Crippen LogP contribution in [0.3, 0.4) is 0 Å². The summed E-state index contributed by atoms with van der Waals surface area (Å²) in [7, 11) is 0. The predicted molar refractivity (Wildman–Crippen MR) is 53.9 cm³/mol. The van der Waals surface area contributed by atoms with Crippen molar-refractivity contribution in [1.29, 1.82) is 0 Å². The summed E-state index contributed by atoms with van der Waals surface area (Å²) in [4.78, 5) is 17.9. The van der Waals surface area contributed by atoms with Gasteiger partial charge in [-0.1, -0.05) is 37.5 Å². The summed E-state index contributed by atoms with van der Waals surface area (Å²) in [6.45, 7) is 0.938. The van der Waals surface area contributed by atoms with Crippen molar-refractivity contribution in [3.05, 3.63) is 11.5 Å². The van der Waals surface area contributed by atoms with Crippen LogP contribution in [0.2, 0.25) is 0 Å². The topological polar surface area (TPSA) is 128 Å². The minimum atomic E-state index is -2.19. The van der Waals surface area contributed by atoms with Crippen LogP contribution in [0.5, 0.6) is 0 Å². The van der Waals surface area contributed by atoms with Crippen molar-refractivity contribution in [2.75, 3.05) is 13.1 Å². The number of hydrogen-bond acceptors (Lipinski definition) is 4. The minimum absolute atomic E-state index is 0. The van der Waals surface area contributed by atoms with E-state index in [1.54, 1.807) is 0 Å². The number of carbonyl (C=O) groups is 2. The van der Waals surface area contributed by atoms with E-state index in [1.165, 1.54) is 19.3 Å². The Morgan fingerprint density at radius 1 is 0.941 bits per heavy atom. The molecule has 6 nitrogen and oxygen atoms in total. The van der Waals surface area contributed by atoms with Crippen molar-refractivity contribution in [3.63, 3.8) is 0 Å². The van der Waals surface area contributed by atoms with Gasteiger partial charge in [0.15, 0.2) is 0 Å². The first-order valence-electron chi connectivity index (χ1n) is 5.19. The summed E-state index contributed by atoms with van der Waals surface area (Å²) in [5.74, 6) is -4.37. The van der Waals surface area contributed by atoms with Crippen molar-refractivity contribution < 1.29 is 40.9 Å². The van der Waals surface area contributed by atoms with Gasteiger partial charge in [0.25, 0.3) is 0 Å². The van der Waals surface area contributed by atoms with E-state index in [4.69, 9.17) is 31.3 Å². The zero-order chi connectivity index (χ0) is 12.6. The summed E-state index contributed by atoms with van der Waals surface area (Å²) in [5.41, 5.74) is 14.7. The van der Waals surface area contributed by atoms with Gasteiger partial charge in [-0.25, -0.2) is 0 Å². The van der Waals surface area contributed by atoms with Crippen molar-refractivity contribution in [2.24, 2.45) is 5.41 Å². The molecule has 7 heteroatoms. The Bertz CT molecular complexity index is 224. The molecule has 0 aromatic carbocycles. The van der Waals surface area contributed by atoms with Crippen molar-refractivity contribution in [2.45, 2.75) is 32.1 Å².